The minimum absolute atomic E-state index is 0.244. The van der Waals surface area contributed by atoms with Gasteiger partial charge < -0.3 is 9.76 Å². The van der Waals surface area contributed by atoms with E-state index in [0.717, 1.165) is 18.3 Å². The predicted octanol–water partition coefficient (Wildman–Crippen LogP) is 1.36. The standard InChI is InChI=1S/C9H8BO3/c11-9(12)7-3-1-2-6-4-5-10-13-8(6)7/h1-3H,4-5H2,(H,11,12). The molecule has 1 N–H and O–H groups in total. The van der Waals surface area contributed by atoms with Crippen molar-refractivity contribution in [1.29, 1.82) is 0 Å². The number of carbonyl (C=O) groups is 1. The molecule has 0 atom stereocenters. The minimum Gasteiger partial charge on any atom is -0.562 e. The molecule has 13 heavy (non-hydrogen) atoms. The Morgan fingerprint density at radius 2 is 2.38 bits per heavy atom. The van der Waals surface area contributed by atoms with Gasteiger partial charge in [0.15, 0.2) is 0 Å². The van der Waals surface area contributed by atoms with Gasteiger partial charge in [0.25, 0.3) is 0 Å². The monoisotopic (exact) mass is 175 g/mol. The number of hydrogen-bond acceptors (Lipinski definition) is 2. The van der Waals surface area contributed by atoms with E-state index in [-0.39, 0.29) is 5.56 Å². The van der Waals surface area contributed by atoms with Crippen LogP contribution < -0.4 is 4.65 Å². The van der Waals surface area contributed by atoms with Gasteiger partial charge in [0.2, 0.25) is 0 Å². The number of carboxylic acids is 1. The maximum atomic E-state index is 10.8. The van der Waals surface area contributed by atoms with Crippen LogP contribution in [0.15, 0.2) is 18.2 Å². The molecule has 4 heteroatoms. The molecule has 0 amide bonds. The summed E-state index contributed by atoms with van der Waals surface area (Å²) in [7, 11) is 1.65. The predicted molar refractivity (Wildman–Crippen MR) is 48.3 cm³/mol. The average molecular weight is 175 g/mol. The van der Waals surface area contributed by atoms with Crippen molar-refractivity contribution in [3.05, 3.63) is 29.3 Å². The minimum atomic E-state index is -0.938. The van der Waals surface area contributed by atoms with Crippen molar-refractivity contribution < 1.29 is 14.6 Å². The smallest absolute Gasteiger partial charge is 0.370 e. The van der Waals surface area contributed by atoms with Crippen molar-refractivity contribution in [3.8, 4) is 5.75 Å². The Balaban J connectivity index is 2.52. The second-order valence-corrected chi connectivity index (χ2v) is 2.92. The van der Waals surface area contributed by atoms with Crippen LogP contribution in [-0.2, 0) is 6.42 Å². The van der Waals surface area contributed by atoms with Gasteiger partial charge in [-0.15, -0.1) is 0 Å². The molecule has 0 bridgehead atoms. The van der Waals surface area contributed by atoms with Crippen LogP contribution in [0.1, 0.15) is 15.9 Å². The van der Waals surface area contributed by atoms with Crippen molar-refractivity contribution >= 4 is 13.5 Å². The summed E-state index contributed by atoms with van der Waals surface area (Å²) >= 11 is 0. The zero-order valence-electron chi connectivity index (χ0n) is 6.99. The molecule has 0 unspecified atom stereocenters. The van der Waals surface area contributed by atoms with E-state index >= 15 is 0 Å². The number of benzene rings is 1. The lowest BCUT2D eigenvalue weighted by Crippen LogP contribution is -2.14. The molecule has 2 rings (SSSR count). The number of rotatable bonds is 1. The first kappa shape index (κ1) is 8.17. The van der Waals surface area contributed by atoms with Gasteiger partial charge in [0.05, 0.1) is 5.56 Å². The lowest BCUT2D eigenvalue weighted by Gasteiger charge is -2.17. The summed E-state index contributed by atoms with van der Waals surface area (Å²) in [6.07, 6.45) is 1.70. The van der Waals surface area contributed by atoms with Crippen LogP contribution in [0.2, 0.25) is 6.32 Å². The van der Waals surface area contributed by atoms with Gasteiger partial charge >= 0.3 is 13.5 Å². The van der Waals surface area contributed by atoms with E-state index in [0.29, 0.717) is 5.75 Å². The first-order valence-electron chi connectivity index (χ1n) is 4.12. The van der Waals surface area contributed by atoms with E-state index in [1.54, 1.807) is 19.6 Å². The Labute approximate surface area is 76.6 Å². The van der Waals surface area contributed by atoms with Crippen molar-refractivity contribution in [2.24, 2.45) is 0 Å². The molecular formula is C9H8BO3. The highest BCUT2D eigenvalue weighted by atomic mass is 16.4. The van der Waals surface area contributed by atoms with Crippen LogP contribution in [0.3, 0.4) is 0 Å². The van der Waals surface area contributed by atoms with Gasteiger partial charge in [-0.05, 0) is 24.4 Å². The maximum Gasteiger partial charge on any atom is 0.370 e. The quantitative estimate of drug-likeness (QED) is 0.655. The van der Waals surface area contributed by atoms with E-state index in [1.165, 1.54) is 0 Å². The lowest BCUT2D eigenvalue weighted by molar-refractivity contribution is 0.0694. The molecule has 0 aliphatic carbocycles. The summed E-state index contributed by atoms with van der Waals surface area (Å²) in [4.78, 5) is 10.8. The molecule has 3 nitrogen and oxygen atoms in total. The molecule has 0 spiro atoms. The van der Waals surface area contributed by atoms with E-state index in [1.807, 2.05) is 6.07 Å². The van der Waals surface area contributed by atoms with Gasteiger partial charge in [-0.25, -0.2) is 4.79 Å². The van der Waals surface area contributed by atoms with Crippen LogP contribution >= 0.6 is 0 Å². The first-order valence-corrected chi connectivity index (χ1v) is 4.12. The zero-order valence-corrected chi connectivity index (χ0v) is 6.99. The third-order valence-electron chi connectivity index (χ3n) is 2.06. The van der Waals surface area contributed by atoms with Crippen molar-refractivity contribution in [1.82, 2.24) is 0 Å². The third kappa shape index (κ3) is 1.39. The summed E-state index contributed by atoms with van der Waals surface area (Å²) in [5, 5.41) is 8.85. The SMILES string of the molecule is O=C(O)c1cccc2c1O[B]CC2. The number of para-hydroxylation sites is 1. The third-order valence-corrected chi connectivity index (χ3v) is 2.06. The van der Waals surface area contributed by atoms with Gasteiger partial charge in [-0.1, -0.05) is 12.1 Å². The Hall–Kier alpha value is -1.45. The number of fused-ring (bicyclic) bond motifs is 1. The maximum absolute atomic E-state index is 10.8. The van der Waals surface area contributed by atoms with Crippen LogP contribution in [0, 0.1) is 0 Å². The molecule has 0 saturated heterocycles. The van der Waals surface area contributed by atoms with Crippen molar-refractivity contribution in [2.45, 2.75) is 12.7 Å². The van der Waals surface area contributed by atoms with Crippen LogP contribution in [0.4, 0.5) is 0 Å². The molecule has 1 heterocycles. The topological polar surface area (TPSA) is 46.5 Å². The molecule has 1 aliphatic rings. The van der Waals surface area contributed by atoms with Crippen molar-refractivity contribution in [2.75, 3.05) is 0 Å². The highest BCUT2D eigenvalue weighted by Gasteiger charge is 2.18. The Morgan fingerprint density at radius 1 is 1.54 bits per heavy atom. The van der Waals surface area contributed by atoms with E-state index in [9.17, 15) is 4.79 Å². The van der Waals surface area contributed by atoms with Crippen molar-refractivity contribution in [3.63, 3.8) is 0 Å². The van der Waals surface area contributed by atoms with Crippen LogP contribution in [0.5, 0.6) is 5.75 Å². The fraction of sp³-hybridized carbons (Fsp3) is 0.222. The van der Waals surface area contributed by atoms with Crippen LogP contribution in [-0.4, -0.2) is 18.6 Å². The molecule has 0 fully saturated rings. The summed E-state index contributed by atoms with van der Waals surface area (Å²) in [5.41, 5.74) is 1.22. The highest BCUT2D eigenvalue weighted by molar-refractivity contribution is 6.29. The van der Waals surface area contributed by atoms with Gasteiger partial charge in [0.1, 0.15) is 5.75 Å². The second kappa shape index (κ2) is 3.13. The number of aryl methyl sites for hydroxylation is 1. The lowest BCUT2D eigenvalue weighted by atomic mass is 9.85. The zero-order chi connectivity index (χ0) is 9.26. The Kier molecular flexibility index (Phi) is 1.96. The largest absolute Gasteiger partial charge is 0.562 e. The van der Waals surface area contributed by atoms with Crippen LogP contribution in [0.25, 0.3) is 0 Å². The van der Waals surface area contributed by atoms with E-state index in [2.05, 4.69) is 0 Å². The summed E-state index contributed by atoms with van der Waals surface area (Å²) in [6.45, 7) is 0. The Bertz CT molecular complexity index is 349. The molecule has 1 radical (unpaired) electrons. The Morgan fingerprint density at radius 3 is 3.15 bits per heavy atom. The number of hydrogen-bond donors (Lipinski definition) is 1. The first-order chi connectivity index (χ1) is 6.29. The molecule has 0 saturated carbocycles. The fourth-order valence-corrected chi connectivity index (χ4v) is 1.45. The molecule has 1 aromatic rings. The van der Waals surface area contributed by atoms with Gasteiger partial charge in [-0.2, -0.15) is 0 Å². The molecule has 65 valence electrons. The van der Waals surface area contributed by atoms with E-state index in [4.69, 9.17) is 9.76 Å². The average Bonchev–Trinajstić information content (AvgIpc) is 2.17. The molecule has 0 aromatic heterocycles. The number of carboxylic acid groups (broad SMARTS) is 1. The second-order valence-electron chi connectivity index (χ2n) is 2.92. The van der Waals surface area contributed by atoms with Gasteiger partial charge in [0, 0.05) is 0 Å². The van der Waals surface area contributed by atoms with E-state index < -0.39 is 5.97 Å². The molecule has 1 aliphatic heterocycles. The summed E-state index contributed by atoms with van der Waals surface area (Å²) in [5.74, 6) is -0.437. The fourth-order valence-electron chi connectivity index (χ4n) is 1.45. The molecular weight excluding hydrogens is 167 g/mol. The molecule has 1 aromatic carbocycles. The number of aromatic carboxylic acids is 1. The highest BCUT2D eigenvalue weighted by Crippen LogP contribution is 2.28. The summed E-state index contributed by atoms with van der Waals surface area (Å²) < 4.78 is 5.21. The summed E-state index contributed by atoms with van der Waals surface area (Å²) in [6, 6.07) is 5.20. The normalized spacial score (nSPS) is 13.8. The van der Waals surface area contributed by atoms with Gasteiger partial charge in [-0.3, -0.25) is 0 Å².